The van der Waals surface area contributed by atoms with E-state index in [2.05, 4.69) is 34.8 Å². The molecule has 4 nitrogen and oxygen atoms in total. The first-order valence-corrected chi connectivity index (χ1v) is 9.85. The minimum atomic E-state index is -0.494. The largest absolute Gasteiger partial charge is 0.365 e. The molecule has 1 atom stereocenters. The molecule has 7 heteroatoms. The van der Waals surface area contributed by atoms with Crippen LogP contribution in [0.15, 0.2) is 18.2 Å². The van der Waals surface area contributed by atoms with Gasteiger partial charge in [0.1, 0.15) is 5.00 Å². The van der Waals surface area contributed by atoms with E-state index in [0.717, 1.165) is 33.3 Å². The van der Waals surface area contributed by atoms with E-state index in [1.165, 1.54) is 11.3 Å². The molecule has 1 aliphatic rings. The third-order valence-electron chi connectivity index (χ3n) is 4.16. The smallest absolute Gasteiger partial charge is 0.257 e. The molecule has 0 spiro atoms. The van der Waals surface area contributed by atoms with Crippen LogP contribution in [-0.4, -0.2) is 11.8 Å². The van der Waals surface area contributed by atoms with Gasteiger partial charge in [-0.1, -0.05) is 18.5 Å². The summed E-state index contributed by atoms with van der Waals surface area (Å²) < 4.78 is 0.913. The molecule has 1 heterocycles. The summed E-state index contributed by atoms with van der Waals surface area (Å²) in [7, 11) is 0. The molecule has 3 rings (SSSR count). The van der Waals surface area contributed by atoms with Crippen LogP contribution in [0.25, 0.3) is 0 Å². The van der Waals surface area contributed by atoms with Crippen LogP contribution in [0.1, 0.15) is 44.5 Å². The number of carbonyl (C=O) groups excluding carboxylic acids is 2. The molecule has 0 fully saturated rings. The molecule has 126 valence electrons. The topological polar surface area (TPSA) is 72.2 Å². The number of benzene rings is 1. The number of amides is 2. The Hall–Kier alpha value is -1.12. The van der Waals surface area contributed by atoms with E-state index in [-0.39, 0.29) is 5.91 Å². The maximum atomic E-state index is 12.6. The van der Waals surface area contributed by atoms with Crippen molar-refractivity contribution in [1.82, 2.24) is 0 Å². The number of rotatable bonds is 3. The van der Waals surface area contributed by atoms with E-state index in [1.54, 1.807) is 12.1 Å². The molecular weight excluding hydrogens is 459 g/mol. The van der Waals surface area contributed by atoms with Gasteiger partial charge in [0.15, 0.2) is 0 Å². The van der Waals surface area contributed by atoms with Crippen LogP contribution in [0.4, 0.5) is 5.00 Å². The maximum absolute atomic E-state index is 12.6. The van der Waals surface area contributed by atoms with Gasteiger partial charge >= 0.3 is 0 Å². The zero-order chi connectivity index (χ0) is 17.4. The van der Waals surface area contributed by atoms with Crippen LogP contribution in [0.5, 0.6) is 0 Å². The fourth-order valence-corrected chi connectivity index (χ4v) is 5.05. The Morgan fingerprint density at radius 1 is 1.42 bits per heavy atom. The number of carbonyl (C=O) groups is 2. The highest BCUT2D eigenvalue weighted by Gasteiger charge is 2.27. The predicted octanol–water partition coefficient (Wildman–Crippen LogP) is 4.48. The molecule has 24 heavy (non-hydrogen) atoms. The molecule has 0 radical (unpaired) electrons. The molecule has 1 aromatic carbocycles. The van der Waals surface area contributed by atoms with Crippen LogP contribution >= 0.6 is 45.5 Å². The van der Waals surface area contributed by atoms with Crippen molar-refractivity contribution in [2.24, 2.45) is 11.7 Å². The van der Waals surface area contributed by atoms with Crippen LogP contribution in [0.3, 0.4) is 0 Å². The summed E-state index contributed by atoms with van der Waals surface area (Å²) >= 11 is 9.70. The number of hydrogen-bond donors (Lipinski definition) is 2. The summed E-state index contributed by atoms with van der Waals surface area (Å²) in [4.78, 5) is 25.7. The summed E-state index contributed by atoms with van der Waals surface area (Å²) in [5.41, 5.74) is 7.41. The second kappa shape index (κ2) is 7.01. The number of nitrogens with two attached hydrogens (primary N) is 1. The van der Waals surface area contributed by atoms with Crippen LogP contribution < -0.4 is 11.1 Å². The van der Waals surface area contributed by atoms with Crippen LogP contribution in [-0.2, 0) is 12.8 Å². The highest BCUT2D eigenvalue weighted by Crippen LogP contribution is 2.39. The molecule has 2 amide bonds. The Morgan fingerprint density at radius 3 is 2.88 bits per heavy atom. The van der Waals surface area contributed by atoms with Crippen molar-refractivity contribution in [2.75, 3.05) is 5.32 Å². The van der Waals surface area contributed by atoms with Gasteiger partial charge in [0, 0.05) is 8.45 Å². The van der Waals surface area contributed by atoms with E-state index in [4.69, 9.17) is 17.3 Å². The van der Waals surface area contributed by atoms with Crippen molar-refractivity contribution >= 4 is 62.3 Å². The Balaban J connectivity index is 1.96. The summed E-state index contributed by atoms with van der Waals surface area (Å²) in [6.07, 6.45) is 2.77. The lowest BCUT2D eigenvalue weighted by atomic mass is 9.88. The van der Waals surface area contributed by atoms with Crippen molar-refractivity contribution in [3.8, 4) is 0 Å². The molecule has 1 aromatic heterocycles. The minimum Gasteiger partial charge on any atom is -0.365 e. The second-order valence-corrected chi connectivity index (χ2v) is 8.76. The van der Waals surface area contributed by atoms with E-state index in [0.29, 0.717) is 27.1 Å². The predicted molar refractivity (Wildman–Crippen MR) is 106 cm³/mol. The number of anilines is 1. The first-order chi connectivity index (χ1) is 11.4. The van der Waals surface area contributed by atoms with E-state index in [9.17, 15) is 9.59 Å². The van der Waals surface area contributed by atoms with Gasteiger partial charge in [-0.25, -0.2) is 0 Å². The molecule has 3 N–H and O–H groups in total. The molecule has 0 bridgehead atoms. The number of primary amides is 1. The summed E-state index contributed by atoms with van der Waals surface area (Å²) in [5, 5.41) is 3.75. The Labute approximate surface area is 162 Å². The molecule has 1 unspecified atom stereocenters. The number of thiophene rings is 1. The van der Waals surface area contributed by atoms with Gasteiger partial charge in [0.05, 0.1) is 16.1 Å². The number of halogens is 2. The number of hydrogen-bond acceptors (Lipinski definition) is 3. The van der Waals surface area contributed by atoms with E-state index in [1.807, 2.05) is 6.07 Å². The quantitative estimate of drug-likeness (QED) is 0.644. The van der Waals surface area contributed by atoms with E-state index >= 15 is 0 Å². The zero-order valence-electron chi connectivity index (χ0n) is 13.0. The maximum Gasteiger partial charge on any atom is 0.257 e. The monoisotopic (exact) mass is 474 g/mol. The van der Waals surface area contributed by atoms with Gasteiger partial charge in [-0.3, -0.25) is 9.59 Å². The Bertz CT molecular complexity index is 834. The standard InChI is InChI=1S/C17H16ClIN2O2S/c1-8-2-4-10-13(6-8)24-17(14(10)15(20)22)21-16(23)11-7-9(19)3-5-12(11)18/h3,5,7-8H,2,4,6H2,1H3,(H2,20,22)(H,21,23). The SMILES string of the molecule is CC1CCc2c(sc(NC(=O)c3cc(I)ccc3Cl)c2C(N)=O)C1. The summed E-state index contributed by atoms with van der Waals surface area (Å²) in [6.45, 7) is 2.19. The fourth-order valence-electron chi connectivity index (χ4n) is 2.94. The molecule has 0 saturated carbocycles. The van der Waals surface area contributed by atoms with Crippen molar-refractivity contribution in [3.05, 3.63) is 48.4 Å². The Kier molecular flexibility index (Phi) is 5.17. The molecule has 0 saturated heterocycles. The lowest BCUT2D eigenvalue weighted by Gasteiger charge is -2.18. The fraction of sp³-hybridized carbons (Fsp3) is 0.294. The zero-order valence-corrected chi connectivity index (χ0v) is 16.7. The summed E-state index contributed by atoms with van der Waals surface area (Å²) in [5.74, 6) is -0.246. The minimum absolute atomic E-state index is 0.326. The van der Waals surface area contributed by atoms with Crippen molar-refractivity contribution in [3.63, 3.8) is 0 Å². The summed E-state index contributed by atoms with van der Waals surface area (Å²) in [6, 6.07) is 5.24. The molecule has 2 aromatic rings. The van der Waals surface area contributed by atoms with Gasteiger partial charge in [-0.15, -0.1) is 11.3 Å². The van der Waals surface area contributed by atoms with Crippen molar-refractivity contribution in [1.29, 1.82) is 0 Å². The van der Waals surface area contributed by atoms with E-state index < -0.39 is 5.91 Å². The van der Waals surface area contributed by atoms with Gasteiger partial charge in [-0.2, -0.15) is 0 Å². The van der Waals surface area contributed by atoms with Crippen molar-refractivity contribution < 1.29 is 9.59 Å². The molecule has 1 aliphatic carbocycles. The highest BCUT2D eigenvalue weighted by atomic mass is 127. The molecular formula is C17H16ClIN2O2S. The van der Waals surface area contributed by atoms with Gasteiger partial charge in [0.2, 0.25) is 0 Å². The van der Waals surface area contributed by atoms with Gasteiger partial charge in [0.25, 0.3) is 11.8 Å². The van der Waals surface area contributed by atoms with Gasteiger partial charge in [-0.05, 0) is 71.5 Å². The van der Waals surface area contributed by atoms with Crippen LogP contribution in [0.2, 0.25) is 5.02 Å². The number of fused-ring (bicyclic) bond motifs is 1. The average molecular weight is 475 g/mol. The van der Waals surface area contributed by atoms with Crippen LogP contribution in [0, 0.1) is 9.49 Å². The third-order valence-corrected chi connectivity index (χ3v) is 6.33. The van der Waals surface area contributed by atoms with Gasteiger partial charge < -0.3 is 11.1 Å². The first-order valence-electron chi connectivity index (χ1n) is 7.57. The normalized spacial score (nSPS) is 16.5. The first kappa shape index (κ1) is 17.7. The van der Waals surface area contributed by atoms with Crippen molar-refractivity contribution in [2.45, 2.75) is 26.2 Å². The highest BCUT2D eigenvalue weighted by molar-refractivity contribution is 14.1. The lowest BCUT2D eigenvalue weighted by Crippen LogP contribution is -2.19. The Morgan fingerprint density at radius 2 is 2.17 bits per heavy atom. The molecule has 0 aliphatic heterocycles. The third kappa shape index (κ3) is 3.45. The number of nitrogens with one attached hydrogen (secondary N) is 1. The average Bonchev–Trinajstić information content (AvgIpc) is 2.86. The lowest BCUT2D eigenvalue weighted by molar-refractivity contribution is 0.1000. The second-order valence-electron chi connectivity index (χ2n) is 6.00.